The molecule has 5 heteroatoms. The van der Waals surface area contributed by atoms with Crippen LogP contribution in [0.3, 0.4) is 0 Å². The van der Waals surface area contributed by atoms with E-state index < -0.39 is 11.5 Å². The van der Waals surface area contributed by atoms with E-state index in [0.29, 0.717) is 24.5 Å². The first kappa shape index (κ1) is 17.3. The number of hydrogen-bond acceptors (Lipinski definition) is 3. The highest BCUT2D eigenvalue weighted by molar-refractivity contribution is 5.79. The number of carbonyl (C=O) groups excluding carboxylic acids is 1. The van der Waals surface area contributed by atoms with Gasteiger partial charge in [-0.15, -0.1) is 0 Å². The minimum Gasteiger partial charge on any atom is -0.484 e. The number of nitrogens with one attached hydrogen (secondary N) is 1. The van der Waals surface area contributed by atoms with Crippen molar-refractivity contribution in [3.63, 3.8) is 0 Å². The molecule has 1 aromatic carbocycles. The monoisotopic (exact) mass is 319 g/mol. The third-order valence-corrected chi connectivity index (χ3v) is 4.37. The summed E-state index contributed by atoms with van der Waals surface area (Å²) >= 11 is 0. The van der Waals surface area contributed by atoms with Gasteiger partial charge in [0.05, 0.1) is 12.0 Å². The van der Waals surface area contributed by atoms with Crippen LogP contribution in [0.25, 0.3) is 0 Å². The van der Waals surface area contributed by atoms with Crippen molar-refractivity contribution in [2.45, 2.75) is 57.4 Å². The highest BCUT2D eigenvalue weighted by atomic mass is 16.5. The summed E-state index contributed by atoms with van der Waals surface area (Å²) in [5, 5.41) is 11.9. The molecule has 2 rings (SSSR count). The van der Waals surface area contributed by atoms with Gasteiger partial charge in [0.25, 0.3) is 5.91 Å². The fourth-order valence-corrected chi connectivity index (χ4v) is 3.12. The Morgan fingerprint density at radius 2 is 1.83 bits per heavy atom. The summed E-state index contributed by atoms with van der Waals surface area (Å²) in [4.78, 5) is 23.1. The van der Waals surface area contributed by atoms with Gasteiger partial charge in [0.2, 0.25) is 0 Å². The van der Waals surface area contributed by atoms with Crippen LogP contribution in [0, 0.1) is 0 Å². The van der Waals surface area contributed by atoms with Gasteiger partial charge in [0.1, 0.15) is 5.75 Å². The van der Waals surface area contributed by atoms with Gasteiger partial charge in [-0.05, 0) is 36.5 Å². The quantitative estimate of drug-likeness (QED) is 0.810. The van der Waals surface area contributed by atoms with E-state index in [1.54, 1.807) is 0 Å². The fourth-order valence-electron chi connectivity index (χ4n) is 3.12. The van der Waals surface area contributed by atoms with E-state index in [-0.39, 0.29) is 18.9 Å². The minimum absolute atomic E-state index is 0.0260. The number of amides is 1. The number of ether oxygens (including phenoxy) is 1. The summed E-state index contributed by atoms with van der Waals surface area (Å²) in [7, 11) is 0. The standard InChI is InChI=1S/C18H25NO4/c1-13(2)14-5-7-15(8-6-14)23-12-16(20)19-18(11-17(21)22)9-3-4-10-18/h5-8,13H,3-4,9-12H2,1-2H3,(H,19,20)(H,21,22). The van der Waals surface area contributed by atoms with Crippen LogP contribution in [0.1, 0.15) is 57.4 Å². The van der Waals surface area contributed by atoms with Gasteiger partial charge in [-0.2, -0.15) is 0 Å². The Morgan fingerprint density at radius 3 is 2.35 bits per heavy atom. The molecule has 0 unspecified atom stereocenters. The Kier molecular flexibility index (Phi) is 5.64. The molecule has 2 N–H and O–H groups in total. The van der Waals surface area contributed by atoms with Crippen LogP contribution in [0.2, 0.25) is 0 Å². The van der Waals surface area contributed by atoms with Crippen molar-refractivity contribution in [1.29, 1.82) is 0 Å². The van der Waals surface area contributed by atoms with Crippen LogP contribution >= 0.6 is 0 Å². The first-order chi connectivity index (χ1) is 10.9. The number of benzene rings is 1. The summed E-state index contributed by atoms with van der Waals surface area (Å²) < 4.78 is 5.50. The van der Waals surface area contributed by atoms with E-state index in [1.165, 1.54) is 5.56 Å². The molecule has 0 heterocycles. The zero-order valence-electron chi connectivity index (χ0n) is 13.8. The molecule has 5 nitrogen and oxygen atoms in total. The Bertz CT molecular complexity index is 545. The van der Waals surface area contributed by atoms with Crippen molar-refractivity contribution >= 4 is 11.9 Å². The number of hydrogen-bond donors (Lipinski definition) is 2. The highest BCUT2D eigenvalue weighted by Gasteiger charge is 2.37. The number of rotatable bonds is 7. The van der Waals surface area contributed by atoms with Crippen LogP contribution < -0.4 is 10.1 Å². The van der Waals surface area contributed by atoms with Gasteiger partial charge in [-0.25, -0.2) is 0 Å². The predicted octanol–water partition coefficient (Wildman–Crippen LogP) is 3.09. The van der Waals surface area contributed by atoms with Crippen LogP contribution in [-0.2, 0) is 9.59 Å². The lowest BCUT2D eigenvalue weighted by molar-refractivity contribution is -0.139. The van der Waals surface area contributed by atoms with E-state index in [4.69, 9.17) is 9.84 Å². The molecule has 1 aliphatic rings. The molecule has 0 saturated heterocycles. The van der Waals surface area contributed by atoms with Gasteiger partial charge < -0.3 is 15.2 Å². The zero-order valence-corrected chi connectivity index (χ0v) is 13.8. The summed E-state index contributed by atoms with van der Waals surface area (Å²) in [6.45, 7) is 4.14. The van der Waals surface area contributed by atoms with Crippen molar-refractivity contribution in [1.82, 2.24) is 5.32 Å². The maximum Gasteiger partial charge on any atom is 0.305 e. The number of carboxylic acid groups (broad SMARTS) is 1. The SMILES string of the molecule is CC(C)c1ccc(OCC(=O)NC2(CC(=O)O)CCCC2)cc1. The molecular formula is C18H25NO4. The van der Waals surface area contributed by atoms with Crippen LogP contribution in [-0.4, -0.2) is 29.1 Å². The second kappa shape index (κ2) is 7.49. The van der Waals surface area contributed by atoms with Crippen LogP contribution in [0.4, 0.5) is 0 Å². The molecule has 1 aromatic rings. The molecule has 1 fully saturated rings. The van der Waals surface area contributed by atoms with E-state index in [2.05, 4.69) is 19.2 Å². The molecule has 1 amide bonds. The second-order valence-electron chi connectivity index (χ2n) is 6.62. The molecule has 1 saturated carbocycles. The lowest BCUT2D eigenvalue weighted by Gasteiger charge is -2.28. The zero-order chi connectivity index (χ0) is 16.9. The maximum absolute atomic E-state index is 12.1. The van der Waals surface area contributed by atoms with Crippen LogP contribution in [0.15, 0.2) is 24.3 Å². The lowest BCUT2D eigenvalue weighted by atomic mass is 9.93. The number of aliphatic carboxylic acids is 1. The molecule has 0 aliphatic heterocycles. The normalized spacial score (nSPS) is 16.3. The average molecular weight is 319 g/mol. The first-order valence-corrected chi connectivity index (χ1v) is 8.16. The van der Waals surface area contributed by atoms with E-state index in [1.807, 2.05) is 24.3 Å². The Labute approximate surface area is 137 Å². The first-order valence-electron chi connectivity index (χ1n) is 8.16. The molecule has 126 valence electrons. The molecule has 1 aliphatic carbocycles. The number of carboxylic acids is 1. The van der Waals surface area contributed by atoms with Crippen molar-refractivity contribution in [3.05, 3.63) is 29.8 Å². The van der Waals surface area contributed by atoms with E-state index >= 15 is 0 Å². The lowest BCUT2D eigenvalue weighted by Crippen LogP contribution is -2.49. The minimum atomic E-state index is -0.877. The molecule has 0 aromatic heterocycles. The van der Waals surface area contributed by atoms with Gasteiger partial charge in [-0.1, -0.05) is 38.8 Å². The van der Waals surface area contributed by atoms with Crippen molar-refractivity contribution in [2.75, 3.05) is 6.61 Å². The van der Waals surface area contributed by atoms with Crippen LogP contribution in [0.5, 0.6) is 5.75 Å². The predicted molar refractivity (Wildman–Crippen MR) is 87.6 cm³/mol. The largest absolute Gasteiger partial charge is 0.484 e. The maximum atomic E-state index is 12.1. The molecule has 23 heavy (non-hydrogen) atoms. The molecule has 0 atom stereocenters. The Balaban J connectivity index is 1.87. The molecule has 0 radical (unpaired) electrons. The third kappa shape index (κ3) is 4.98. The van der Waals surface area contributed by atoms with Gasteiger partial charge in [0, 0.05) is 0 Å². The van der Waals surface area contributed by atoms with Gasteiger partial charge in [0.15, 0.2) is 6.61 Å². The molecule has 0 spiro atoms. The highest BCUT2D eigenvalue weighted by Crippen LogP contribution is 2.32. The Morgan fingerprint density at radius 1 is 1.22 bits per heavy atom. The molecular weight excluding hydrogens is 294 g/mol. The topological polar surface area (TPSA) is 75.6 Å². The smallest absolute Gasteiger partial charge is 0.305 e. The molecule has 0 bridgehead atoms. The average Bonchev–Trinajstić information content (AvgIpc) is 2.92. The van der Waals surface area contributed by atoms with Crippen molar-refractivity contribution in [2.24, 2.45) is 0 Å². The second-order valence-corrected chi connectivity index (χ2v) is 6.62. The Hall–Kier alpha value is -2.04. The fraction of sp³-hybridized carbons (Fsp3) is 0.556. The summed E-state index contributed by atoms with van der Waals surface area (Å²) in [6, 6.07) is 7.68. The van der Waals surface area contributed by atoms with Crippen molar-refractivity contribution < 1.29 is 19.4 Å². The van der Waals surface area contributed by atoms with Gasteiger partial charge >= 0.3 is 5.97 Å². The van der Waals surface area contributed by atoms with E-state index in [9.17, 15) is 9.59 Å². The van der Waals surface area contributed by atoms with E-state index in [0.717, 1.165) is 12.8 Å². The van der Waals surface area contributed by atoms with Crippen molar-refractivity contribution in [3.8, 4) is 5.75 Å². The summed E-state index contributed by atoms with van der Waals surface area (Å²) in [5.74, 6) is -0.0488. The number of carbonyl (C=O) groups is 2. The summed E-state index contributed by atoms with van der Waals surface area (Å²) in [5.41, 5.74) is 0.613. The van der Waals surface area contributed by atoms with Gasteiger partial charge in [-0.3, -0.25) is 9.59 Å². The third-order valence-electron chi connectivity index (χ3n) is 4.37. The summed E-state index contributed by atoms with van der Waals surface area (Å²) in [6.07, 6.45) is 3.31.